The first-order valence-corrected chi connectivity index (χ1v) is 6.56. The van der Waals surface area contributed by atoms with Gasteiger partial charge in [-0.2, -0.15) is 0 Å². The molecule has 3 nitrogen and oxygen atoms in total. The summed E-state index contributed by atoms with van der Waals surface area (Å²) in [5, 5.41) is 12.4. The van der Waals surface area contributed by atoms with Crippen molar-refractivity contribution in [1.82, 2.24) is 5.32 Å². The molecule has 0 aliphatic rings. The molecule has 0 amide bonds. The monoisotopic (exact) mass is 249 g/mol. The molecule has 2 N–H and O–H groups in total. The van der Waals surface area contributed by atoms with E-state index in [0.29, 0.717) is 6.54 Å². The molecular formula is C15H23NO2. The molecule has 0 saturated heterocycles. The minimum Gasteiger partial charge on any atom is -0.481 e. The number of carbonyl (C=O) groups is 1. The number of hydrogen-bond donors (Lipinski definition) is 2. The number of benzene rings is 1. The van der Waals surface area contributed by atoms with Gasteiger partial charge in [0.15, 0.2) is 0 Å². The van der Waals surface area contributed by atoms with Crippen molar-refractivity contribution in [3.63, 3.8) is 0 Å². The van der Waals surface area contributed by atoms with Crippen molar-refractivity contribution in [2.24, 2.45) is 0 Å². The Labute approximate surface area is 109 Å². The van der Waals surface area contributed by atoms with Crippen LogP contribution in [0.4, 0.5) is 0 Å². The second-order valence-electron chi connectivity index (χ2n) is 5.07. The lowest BCUT2D eigenvalue weighted by molar-refractivity contribution is -0.138. The number of rotatable bonds is 8. The second kappa shape index (κ2) is 7.17. The molecule has 0 bridgehead atoms. The molecule has 0 aliphatic carbocycles. The maximum atomic E-state index is 10.9. The highest BCUT2D eigenvalue weighted by Gasteiger charge is 2.26. The van der Waals surface area contributed by atoms with E-state index in [1.807, 2.05) is 37.3 Å². The predicted octanol–water partition coefficient (Wildman–Crippen LogP) is 3.20. The summed E-state index contributed by atoms with van der Waals surface area (Å²) in [5.74, 6) is -0.742. The van der Waals surface area contributed by atoms with Gasteiger partial charge in [0.25, 0.3) is 0 Å². The van der Waals surface area contributed by atoms with Crippen molar-refractivity contribution in [1.29, 1.82) is 0 Å². The van der Waals surface area contributed by atoms with Crippen LogP contribution in [0.3, 0.4) is 0 Å². The number of aliphatic carboxylic acids is 1. The number of unbranched alkanes of at least 4 members (excludes halogenated alkanes) is 1. The first kappa shape index (κ1) is 14.7. The van der Waals surface area contributed by atoms with Gasteiger partial charge in [0, 0.05) is 12.1 Å². The molecule has 18 heavy (non-hydrogen) atoms. The van der Waals surface area contributed by atoms with E-state index in [-0.39, 0.29) is 12.0 Å². The normalized spacial score (nSPS) is 14.1. The van der Waals surface area contributed by atoms with Crippen LogP contribution in [0.2, 0.25) is 0 Å². The van der Waals surface area contributed by atoms with Crippen LogP contribution in [0, 0.1) is 0 Å². The standard InChI is InChI=1S/C15H23NO2/c1-3-4-10-15(2,11-14(17)18)16-12-13-8-6-5-7-9-13/h5-9,16H,3-4,10-12H2,1-2H3,(H,17,18). The first-order valence-electron chi connectivity index (χ1n) is 6.56. The van der Waals surface area contributed by atoms with Crippen molar-refractivity contribution in [2.45, 2.75) is 51.6 Å². The molecule has 3 heteroatoms. The Morgan fingerprint density at radius 2 is 2.00 bits per heavy atom. The average Bonchev–Trinajstić information content (AvgIpc) is 2.35. The molecule has 1 atom stereocenters. The SMILES string of the molecule is CCCCC(C)(CC(=O)O)NCc1ccccc1. The van der Waals surface area contributed by atoms with Crippen LogP contribution in [0.15, 0.2) is 30.3 Å². The molecular weight excluding hydrogens is 226 g/mol. The van der Waals surface area contributed by atoms with Crippen LogP contribution in [0.5, 0.6) is 0 Å². The quantitative estimate of drug-likeness (QED) is 0.744. The summed E-state index contributed by atoms with van der Waals surface area (Å²) >= 11 is 0. The molecule has 0 aromatic heterocycles. The molecule has 1 aromatic carbocycles. The van der Waals surface area contributed by atoms with Gasteiger partial charge < -0.3 is 10.4 Å². The van der Waals surface area contributed by atoms with Crippen molar-refractivity contribution >= 4 is 5.97 Å². The van der Waals surface area contributed by atoms with E-state index < -0.39 is 5.97 Å². The van der Waals surface area contributed by atoms with E-state index in [2.05, 4.69) is 12.2 Å². The van der Waals surface area contributed by atoms with Gasteiger partial charge in [-0.05, 0) is 18.9 Å². The van der Waals surface area contributed by atoms with Crippen molar-refractivity contribution in [2.75, 3.05) is 0 Å². The summed E-state index contributed by atoms with van der Waals surface area (Å²) in [6.45, 7) is 4.84. The fourth-order valence-corrected chi connectivity index (χ4v) is 2.05. The predicted molar refractivity (Wildman–Crippen MR) is 73.5 cm³/mol. The topological polar surface area (TPSA) is 49.3 Å². The number of nitrogens with one attached hydrogen (secondary N) is 1. The van der Waals surface area contributed by atoms with E-state index in [1.54, 1.807) is 0 Å². The lowest BCUT2D eigenvalue weighted by Crippen LogP contribution is -2.43. The zero-order valence-corrected chi connectivity index (χ0v) is 11.3. The van der Waals surface area contributed by atoms with Gasteiger partial charge in [-0.1, -0.05) is 50.1 Å². The Hall–Kier alpha value is -1.35. The highest BCUT2D eigenvalue weighted by molar-refractivity contribution is 5.68. The van der Waals surface area contributed by atoms with Crippen LogP contribution in [0.25, 0.3) is 0 Å². The molecule has 0 saturated carbocycles. The highest BCUT2D eigenvalue weighted by Crippen LogP contribution is 2.19. The Morgan fingerprint density at radius 3 is 2.56 bits per heavy atom. The van der Waals surface area contributed by atoms with E-state index in [1.165, 1.54) is 5.56 Å². The van der Waals surface area contributed by atoms with Gasteiger partial charge in [-0.15, -0.1) is 0 Å². The third-order valence-corrected chi connectivity index (χ3v) is 3.19. The van der Waals surface area contributed by atoms with Crippen LogP contribution in [-0.2, 0) is 11.3 Å². The number of carboxylic acids is 1. The molecule has 0 spiro atoms. The highest BCUT2D eigenvalue weighted by atomic mass is 16.4. The van der Waals surface area contributed by atoms with Gasteiger partial charge in [0.2, 0.25) is 0 Å². The van der Waals surface area contributed by atoms with Crippen molar-refractivity contribution < 1.29 is 9.90 Å². The minimum absolute atomic E-state index is 0.167. The average molecular weight is 249 g/mol. The van der Waals surface area contributed by atoms with E-state index >= 15 is 0 Å². The summed E-state index contributed by atoms with van der Waals surface area (Å²) < 4.78 is 0. The Bertz CT molecular complexity index is 364. The fourth-order valence-electron chi connectivity index (χ4n) is 2.05. The summed E-state index contributed by atoms with van der Waals surface area (Å²) in [5.41, 5.74) is 0.864. The van der Waals surface area contributed by atoms with Gasteiger partial charge in [-0.25, -0.2) is 0 Å². The third-order valence-electron chi connectivity index (χ3n) is 3.19. The molecule has 0 fully saturated rings. The minimum atomic E-state index is -0.742. The lowest BCUT2D eigenvalue weighted by Gasteiger charge is -2.29. The Morgan fingerprint density at radius 1 is 1.33 bits per heavy atom. The first-order chi connectivity index (χ1) is 8.56. The van der Waals surface area contributed by atoms with Crippen molar-refractivity contribution in [3.8, 4) is 0 Å². The smallest absolute Gasteiger partial charge is 0.305 e. The maximum Gasteiger partial charge on any atom is 0.305 e. The molecule has 100 valence electrons. The Kier molecular flexibility index (Phi) is 5.86. The molecule has 0 radical (unpaired) electrons. The van der Waals surface area contributed by atoms with Crippen LogP contribution in [0.1, 0.15) is 45.1 Å². The third kappa shape index (κ3) is 5.32. The van der Waals surface area contributed by atoms with Gasteiger partial charge >= 0.3 is 5.97 Å². The molecule has 1 unspecified atom stereocenters. The van der Waals surface area contributed by atoms with Gasteiger partial charge in [-0.3, -0.25) is 4.79 Å². The van der Waals surface area contributed by atoms with Crippen LogP contribution >= 0.6 is 0 Å². The molecule has 1 rings (SSSR count). The van der Waals surface area contributed by atoms with Crippen LogP contribution in [-0.4, -0.2) is 16.6 Å². The fraction of sp³-hybridized carbons (Fsp3) is 0.533. The second-order valence-corrected chi connectivity index (χ2v) is 5.07. The number of hydrogen-bond acceptors (Lipinski definition) is 2. The van der Waals surface area contributed by atoms with Crippen molar-refractivity contribution in [3.05, 3.63) is 35.9 Å². The lowest BCUT2D eigenvalue weighted by atomic mass is 9.91. The van der Waals surface area contributed by atoms with Crippen LogP contribution < -0.4 is 5.32 Å². The Balaban J connectivity index is 2.57. The summed E-state index contributed by atoms with van der Waals surface area (Å²) in [6, 6.07) is 10.1. The number of carboxylic acid groups (broad SMARTS) is 1. The zero-order chi connectivity index (χ0) is 13.4. The van der Waals surface area contributed by atoms with Gasteiger partial charge in [0.05, 0.1) is 6.42 Å². The van der Waals surface area contributed by atoms with E-state index in [9.17, 15) is 4.79 Å². The van der Waals surface area contributed by atoms with Gasteiger partial charge in [0.1, 0.15) is 0 Å². The van der Waals surface area contributed by atoms with E-state index in [0.717, 1.165) is 19.3 Å². The zero-order valence-electron chi connectivity index (χ0n) is 11.3. The summed E-state index contributed by atoms with van der Waals surface area (Å²) in [7, 11) is 0. The largest absolute Gasteiger partial charge is 0.481 e. The maximum absolute atomic E-state index is 10.9. The van der Waals surface area contributed by atoms with E-state index in [4.69, 9.17) is 5.11 Å². The molecule has 0 heterocycles. The molecule has 1 aromatic rings. The molecule has 0 aliphatic heterocycles. The summed E-state index contributed by atoms with van der Waals surface area (Å²) in [6.07, 6.45) is 3.19. The summed E-state index contributed by atoms with van der Waals surface area (Å²) in [4.78, 5) is 10.9.